The van der Waals surface area contributed by atoms with E-state index in [0.29, 0.717) is 18.1 Å². The molecule has 0 unspecified atom stereocenters. The van der Waals surface area contributed by atoms with E-state index in [1.165, 1.54) is 5.56 Å². The standard InChI is InChI=1S/C23H20N2O2/c1-16-3-7-20(8-4-16)23-24-22(27-25-23)15-17-5-9-18(10-6-17)19-11-13-21(26-2)14-12-19/h3-14H,15H2,1-2H3. The molecule has 4 nitrogen and oxygen atoms in total. The van der Waals surface area contributed by atoms with Gasteiger partial charge in [-0.2, -0.15) is 4.98 Å². The van der Waals surface area contributed by atoms with E-state index >= 15 is 0 Å². The highest BCUT2D eigenvalue weighted by Gasteiger charge is 2.09. The van der Waals surface area contributed by atoms with Crippen molar-refractivity contribution in [3.8, 4) is 28.3 Å². The quantitative estimate of drug-likeness (QED) is 0.486. The first-order valence-corrected chi connectivity index (χ1v) is 8.84. The number of rotatable bonds is 5. The van der Waals surface area contributed by atoms with Gasteiger partial charge in [-0.3, -0.25) is 0 Å². The molecule has 3 aromatic carbocycles. The molecule has 1 aromatic heterocycles. The zero-order chi connectivity index (χ0) is 18.6. The first kappa shape index (κ1) is 17.0. The van der Waals surface area contributed by atoms with E-state index in [-0.39, 0.29) is 0 Å². The summed E-state index contributed by atoms with van der Waals surface area (Å²) < 4.78 is 10.6. The predicted molar refractivity (Wildman–Crippen MR) is 106 cm³/mol. The second-order valence-corrected chi connectivity index (χ2v) is 6.48. The van der Waals surface area contributed by atoms with Crippen molar-refractivity contribution in [3.63, 3.8) is 0 Å². The molecule has 0 N–H and O–H groups in total. The Morgan fingerprint density at radius 2 is 1.37 bits per heavy atom. The predicted octanol–water partition coefficient (Wildman–Crippen LogP) is 5.31. The van der Waals surface area contributed by atoms with Crippen molar-refractivity contribution in [3.05, 3.63) is 89.8 Å². The zero-order valence-corrected chi connectivity index (χ0v) is 15.3. The molecule has 4 aromatic rings. The number of nitrogens with zero attached hydrogens (tertiary/aromatic N) is 2. The smallest absolute Gasteiger partial charge is 0.231 e. The maximum absolute atomic E-state index is 5.42. The van der Waals surface area contributed by atoms with Crippen molar-refractivity contribution < 1.29 is 9.26 Å². The van der Waals surface area contributed by atoms with Gasteiger partial charge in [0.25, 0.3) is 0 Å². The molecule has 0 spiro atoms. The van der Waals surface area contributed by atoms with Crippen LogP contribution < -0.4 is 4.74 Å². The van der Waals surface area contributed by atoms with Crippen LogP contribution >= 0.6 is 0 Å². The summed E-state index contributed by atoms with van der Waals surface area (Å²) >= 11 is 0. The Balaban J connectivity index is 1.47. The van der Waals surface area contributed by atoms with Gasteiger partial charge in [0.05, 0.1) is 13.5 Å². The number of aryl methyl sites for hydroxylation is 1. The fourth-order valence-electron chi connectivity index (χ4n) is 2.92. The Bertz CT molecular complexity index is 1020. The summed E-state index contributed by atoms with van der Waals surface area (Å²) in [4.78, 5) is 4.51. The Hall–Kier alpha value is -3.40. The van der Waals surface area contributed by atoms with E-state index in [4.69, 9.17) is 9.26 Å². The molecule has 4 heteroatoms. The number of benzene rings is 3. The van der Waals surface area contributed by atoms with Gasteiger partial charge in [0.2, 0.25) is 11.7 Å². The van der Waals surface area contributed by atoms with Gasteiger partial charge in [-0.05, 0) is 35.7 Å². The average molecular weight is 356 g/mol. The number of aromatic nitrogens is 2. The van der Waals surface area contributed by atoms with Crippen molar-refractivity contribution in [2.24, 2.45) is 0 Å². The summed E-state index contributed by atoms with van der Waals surface area (Å²) in [6.45, 7) is 2.06. The topological polar surface area (TPSA) is 48.2 Å². The molecule has 0 aliphatic carbocycles. The van der Waals surface area contributed by atoms with E-state index in [9.17, 15) is 0 Å². The van der Waals surface area contributed by atoms with E-state index < -0.39 is 0 Å². The van der Waals surface area contributed by atoms with Crippen LogP contribution in [-0.4, -0.2) is 17.3 Å². The number of methoxy groups -OCH3 is 1. The third kappa shape index (κ3) is 3.90. The second kappa shape index (κ2) is 7.46. The molecule has 0 aliphatic heterocycles. The zero-order valence-electron chi connectivity index (χ0n) is 15.3. The van der Waals surface area contributed by atoms with E-state index in [2.05, 4.69) is 53.5 Å². The van der Waals surface area contributed by atoms with Gasteiger partial charge in [-0.1, -0.05) is 71.4 Å². The summed E-state index contributed by atoms with van der Waals surface area (Å²) in [5.41, 5.74) is 5.62. The lowest BCUT2D eigenvalue weighted by Crippen LogP contribution is -1.89. The number of hydrogen-bond donors (Lipinski definition) is 0. The fourth-order valence-corrected chi connectivity index (χ4v) is 2.92. The maximum Gasteiger partial charge on any atom is 0.231 e. The molecule has 27 heavy (non-hydrogen) atoms. The fraction of sp³-hybridized carbons (Fsp3) is 0.130. The molecular formula is C23H20N2O2. The monoisotopic (exact) mass is 356 g/mol. The van der Waals surface area contributed by atoms with Crippen LogP contribution in [0.4, 0.5) is 0 Å². The van der Waals surface area contributed by atoms with Gasteiger partial charge in [0, 0.05) is 5.56 Å². The third-order valence-electron chi connectivity index (χ3n) is 4.51. The normalized spacial score (nSPS) is 10.7. The van der Waals surface area contributed by atoms with Crippen molar-refractivity contribution in [1.82, 2.24) is 10.1 Å². The van der Waals surface area contributed by atoms with Crippen LogP contribution in [0.15, 0.2) is 77.3 Å². The van der Waals surface area contributed by atoms with E-state index in [1.54, 1.807) is 7.11 Å². The van der Waals surface area contributed by atoms with Crippen LogP contribution in [0.25, 0.3) is 22.5 Å². The lowest BCUT2D eigenvalue weighted by Gasteiger charge is -2.05. The van der Waals surface area contributed by atoms with Gasteiger partial charge in [0.15, 0.2) is 0 Å². The first-order chi connectivity index (χ1) is 13.2. The van der Waals surface area contributed by atoms with Crippen molar-refractivity contribution in [2.75, 3.05) is 7.11 Å². The minimum atomic E-state index is 0.613. The Kier molecular flexibility index (Phi) is 4.71. The van der Waals surface area contributed by atoms with Gasteiger partial charge >= 0.3 is 0 Å². The van der Waals surface area contributed by atoms with Crippen LogP contribution in [0.3, 0.4) is 0 Å². The second-order valence-electron chi connectivity index (χ2n) is 6.48. The van der Waals surface area contributed by atoms with Gasteiger partial charge < -0.3 is 9.26 Å². The van der Waals surface area contributed by atoms with E-state index in [0.717, 1.165) is 28.0 Å². The van der Waals surface area contributed by atoms with Crippen molar-refractivity contribution >= 4 is 0 Å². The average Bonchev–Trinajstić information content (AvgIpc) is 3.18. The highest BCUT2D eigenvalue weighted by Crippen LogP contribution is 2.23. The van der Waals surface area contributed by atoms with Gasteiger partial charge in [0.1, 0.15) is 5.75 Å². The molecule has 0 saturated carbocycles. The molecule has 0 atom stereocenters. The summed E-state index contributed by atoms with van der Waals surface area (Å²) in [6.07, 6.45) is 0.613. The largest absolute Gasteiger partial charge is 0.497 e. The van der Waals surface area contributed by atoms with Crippen LogP contribution in [0, 0.1) is 6.92 Å². The van der Waals surface area contributed by atoms with E-state index in [1.807, 2.05) is 36.4 Å². The highest BCUT2D eigenvalue weighted by atomic mass is 16.5. The molecule has 0 fully saturated rings. The highest BCUT2D eigenvalue weighted by molar-refractivity contribution is 5.64. The summed E-state index contributed by atoms with van der Waals surface area (Å²) in [6, 6.07) is 24.5. The lowest BCUT2D eigenvalue weighted by molar-refractivity contribution is 0.385. The molecule has 0 bridgehead atoms. The molecule has 0 aliphatic rings. The number of hydrogen-bond acceptors (Lipinski definition) is 4. The van der Waals surface area contributed by atoms with Gasteiger partial charge in [-0.15, -0.1) is 0 Å². The minimum Gasteiger partial charge on any atom is -0.497 e. The third-order valence-corrected chi connectivity index (χ3v) is 4.51. The molecular weight excluding hydrogens is 336 g/mol. The first-order valence-electron chi connectivity index (χ1n) is 8.84. The van der Waals surface area contributed by atoms with Crippen LogP contribution in [0.1, 0.15) is 17.0 Å². The Labute approximate surface area is 158 Å². The molecule has 1 heterocycles. The summed E-state index contributed by atoms with van der Waals surface area (Å²) in [5.74, 6) is 2.10. The maximum atomic E-state index is 5.42. The Morgan fingerprint density at radius 3 is 2.00 bits per heavy atom. The van der Waals surface area contributed by atoms with Crippen LogP contribution in [0.2, 0.25) is 0 Å². The lowest BCUT2D eigenvalue weighted by atomic mass is 10.0. The molecule has 0 saturated heterocycles. The number of ether oxygens (including phenoxy) is 1. The van der Waals surface area contributed by atoms with Crippen LogP contribution in [0.5, 0.6) is 5.75 Å². The van der Waals surface area contributed by atoms with Crippen LogP contribution in [-0.2, 0) is 6.42 Å². The summed E-state index contributed by atoms with van der Waals surface area (Å²) in [7, 11) is 1.67. The molecule has 0 amide bonds. The molecule has 134 valence electrons. The SMILES string of the molecule is COc1ccc(-c2ccc(Cc3nc(-c4ccc(C)cc4)no3)cc2)cc1. The molecule has 0 radical (unpaired) electrons. The van der Waals surface area contributed by atoms with Crippen molar-refractivity contribution in [1.29, 1.82) is 0 Å². The van der Waals surface area contributed by atoms with Crippen molar-refractivity contribution in [2.45, 2.75) is 13.3 Å². The molecule has 4 rings (SSSR count). The van der Waals surface area contributed by atoms with Gasteiger partial charge in [-0.25, -0.2) is 0 Å². The Morgan fingerprint density at radius 1 is 0.778 bits per heavy atom. The summed E-state index contributed by atoms with van der Waals surface area (Å²) in [5, 5.41) is 4.10. The minimum absolute atomic E-state index is 0.613.